The van der Waals surface area contributed by atoms with E-state index in [1.54, 1.807) is 38.1 Å². The lowest BCUT2D eigenvalue weighted by Crippen LogP contribution is -2.40. The lowest BCUT2D eigenvalue weighted by atomic mass is 10.2. The Hall–Kier alpha value is -2.75. The molecule has 1 fully saturated rings. The molecule has 1 aliphatic rings. The Morgan fingerprint density at radius 2 is 1.81 bits per heavy atom. The van der Waals surface area contributed by atoms with Gasteiger partial charge < -0.3 is 14.8 Å². The molecule has 2 aromatic rings. The zero-order chi connectivity index (χ0) is 22.9. The van der Waals surface area contributed by atoms with Crippen LogP contribution in [0, 0.1) is 6.92 Å². The van der Waals surface area contributed by atoms with Gasteiger partial charge >= 0.3 is 5.97 Å². The minimum Gasteiger partial charge on any atom is -0.462 e. The van der Waals surface area contributed by atoms with Crippen LogP contribution in [0.15, 0.2) is 47.4 Å². The maximum atomic E-state index is 12.4. The Labute approximate surface area is 183 Å². The number of anilines is 1. The summed E-state index contributed by atoms with van der Waals surface area (Å²) in [5.41, 5.74) is 2.58. The number of rotatable bonds is 6. The number of carbonyl (C=O) groups is 2. The third kappa shape index (κ3) is 6.61. The predicted octanol–water partition coefficient (Wildman–Crippen LogP) is 2.73. The van der Waals surface area contributed by atoms with Crippen LogP contribution in [0.5, 0.6) is 0 Å². The van der Waals surface area contributed by atoms with Gasteiger partial charge in [-0.15, -0.1) is 0 Å². The first-order chi connectivity index (χ1) is 14.8. The molecule has 0 aromatic heterocycles. The minimum absolute atomic E-state index is 0.203. The van der Waals surface area contributed by atoms with Gasteiger partial charge in [-0.05, 0) is 49.7 Å². The second-order valence-electron chi connectivity index (χ2n) is 6.71. The molecule has 0 unspecified atom stereocenters. The van der Waals surface area contributed by atoms with E-state index in [9.17, 15) is 18.0 Å². The SMILES string of the molecule is CCOC(=O)c1ccc(NC)cc1.Cc1ccc(C=O)cc1S(=O)(=O)N1CCOCC1. The quantitative estimate of drug-likeness (QED) is 0.535. The molecule has 1 saturated heterocycles. The van der Waals surface area contributed by atoms with E-state index in [2.05, 4.69) is 5.32 Å². The fraction of sp³-hybridized carbons (Fsp3) is 0.364. The summed E-state index contributed by atoms with van der Waals surface area (Å²) in [5, 5.41) is 2.97. The number of esters is 1. The number of hydrogen-bond donors (Lipinski definition) is 1. The van der Waals surface area contributed by atoms with Crippen LogP contribution in [0.2, 0.25) is 0 Å². The number of carbonyl (C=O) groups excluding carboxylic acids is 2. The number of benzene rings is 2. The largest absolute Gasteiger partial charge is 0.462 e. The van der Waals surface area contributed by atoms with Crippen molar-refractivity contribution in [2.45, 2.75) is 18.7 Å². The first-order valence-corrected chi connectivity index (χ1v) is 11.4. The van der Waals surface area contributed by atoms with Crippen molar-refractivity contribution >= 4 is 28.0 Å². The fourth-order valence-corrected chi connectivity index (χ4v) is 4.55. The van der Waals surface area contributed by atoms with Gasteiger partial charge in [0.1, 0.15) is 6.29 Å². The number of aldehydes is 1. The molecule has 8 nitrogen and oxygen atoms in total. The summed E-state index contributed by atoms with van der Waals surface area (Å²) in [4.78, 5) is 22.1. The first kappa shape index (κ1) is 24.5. The molecule has 0 aliphatic carbocycles. The van der Waals surface area contributed by atoms with E-state index in [1.807, 2.05) is 19.2 Å². The number of morpholine rings is 1. The van der Waals surface area contributed by atoms with Crippen molar-refractivity contribution in [1.29, 1.82) is 0 Å². The van der Waals surface area contributed by atoms with Crippen molar-refractivity contribution in [2.75, 3.05) is 45.3 Å². The zero-order valence-corrected chi connectivity index (χ0v) is 18.8. The summed E-state index contributed by atoms with van der Waals surface area (Å²) >= 11 is 0. The van der Waals surface area contributed by atoms with Gasteiger partial charge in [0.15, 0.2) is 0 Å². The lowest BCUT2D eigenvalue weighted by Gasteiger charge is -2.26. The molecule has 9 heteroatoms. The molecule has 1 aliphatic heterocycles. The summed E-state index contributed by atoms with van der Waals surface area (Å²) in [6, 6.07) is 11.8. The van der Waals surface area contributed by atoms with Crippen LogP contribution in [0.4, 0.5) is 5.69 Å². The van der Waals surface area contributed by atoms with Crippen LogP contribution in [0.1, 0.15) is 33.2 Å². The molecule has 1 N–H and O–H groups in total. The molecule has 0 saturated carbocycles. The van der Waals surface area contributed by atoms with Gasteiger partial charge in [-0.2, -0.15) is 4.31 Å². The topological polar surface area (TPSA) is 102 Å². The van der Waals surface area contributed by atoms with Gasteiger partial charge in [0, 0.05) is 31.4 Å². The van der Waals surface area contributed by atoms with Gasteiger partial charge in [0.2, 0.25) is 10.0 Å². The van der Waals surface area contributed by atoms with E-state index in [-0.39, 0.29) is 10.9 Å². The van der Waals surface area contributed by atoms with Crippen LogP contribution in [-0.4, -0.2) is 64.9 Å². The number of nitrogens with one attached hydrogen (secondary N) is 1. The maximum Gasteiger partial charge on any atom is 0.338 e. The van der Waals surface area contributed by atoms with Gasteiger partial charge in [-0.1, -0.05) is 12.1 Å². The molecule has 0 spiro atoms. The molecule has 0 radical (unpaired) electrons. The number of nitrogens with zero attached hydrogens (tertiary/aromatic N) is 1. The number of aryl methyl sites for hydroxylation is 1. The highest BCUT2D eigenvalue weighted by molar-refractivity contribution is 7.89. The summed E-state index contributed by atoms with van der Waals surface area (Å²) < 4.78 is 36.2. The molecule has 31 heavy (non-hydrogen) atoms. The van der Waals surface area contributed by atoms with Crippen molar-refractivity contribution in [1.82, 2.24) is 4.31 Å². The smallest absolute Gasteiger partial charge is 0.338 e. The van der Waals surface area contributed by atoms with E-state index in [1.165, 1.54) is 10.4 Å². The Morgan fingerprint density at radius 3 is 2.35 bits per heavy atom. The Morgan fingerprint density at radius 1 is 1.16 bits per heavy atom. The molecule has 1 heterocycles. The van der Waals surface area contributed by atoms with Crippen LogP contribution >= 0.6 is 0 Å². The highest BCUT2D eigenvalue weighted by Crippen LogP contribution is 2.21. The van der Waals surface area contributed by atoms with Crippen LogP contribution in [0.3, 0.4) is 0 Å². The summed E-state index contributed by atoms with van der Waals surface area (Å²) in [6.07, 6.45) is 0.651. The number of ether oxygens (including phenoxy) is 2. The summed E-state index contributed by atoms with van der Waals surface area (Å²) in [5.74, 6) is -0.273. The Balaban J connectivity index is 0.000000233. The maximum absolute atomic E-state index is 12.4. The molecule has 168 valence electrons. The van der Waals surface area contributed by atoms with Crippen molar-refractivity contribution in [2.24, 2.45) is 0 Å². The Kier molecular flexibility index (Phi) is 9.17. The first-order valence-electron chi connectivity index (χ1n) is 9.92. The highest BCUT2D eigenvalue weighted by atomic mass is 32.2. The van der Waals surface area contributed by atoms with E-state index in [0.29, 0.717) is 55.9 Å². The van der Waals surface area contributed by atoms with E-state index in [0.717, 1.165) is 5.69 Å². The zero-order valence-electron chi connectivity index (χ0n) is 18.0. The standard InChI is InChI=1S/C12H15NO4S.C10H13NO2/c1-10-2-3-11(9-14)8-12(10)18(15,16)13-4-6-17-7-5-13;1-3-13-10(12)8-4-6-9(11-2)7-5-8/h2-3,8-9H,4-7H2,1H3;4-7,11H,3H2,1-2H3. The molecule has 0 atom stereocenters. The van der Waals surface area contributed by atoms with Gasteiger partial charge in [0.05, 0.1) is 30.3 Å². The number of hydrogen-bond acceptors (Lipinski definition) is 7. The molecule has 0 amide bonds. The third-order valence-electron chi connectivity index (χ3n) is 4.62. The van der Waals surface area contributed by atoms with Gasteiger partial charge in [-0.25, -0.2) is 13.2 Å². The normalized spacial score (nSPS) is 14.2. The van der Waals surface area contributed by atoms with Crippen LogP contribution in [-0.2, 0) is 19.5 Å². The van der Waals surface area contributed by atoms with Crippen LogP contribution in [0.25, 0.3) is 0 Å². The second-order valence-corrected chi connectivity index (χ2v) is 8.61. The molecule has 0 bridgehead atoms. The predicted molar refractivity (Wildman–Crippen MR) is 118 cm³/mol. The van der Waals surface area contributed by atoms with Crippen LogP contribution < -0.4 is 5.32 Å². The molecular formula is C22H28N2O6S. The second kappa shape index (κ2) is 11.6. The molecule has 3 rings (SSSR count). The average Bonchev–Trinajstić information content (AvgIpc) is 2.80. The summed E-state index contributed by atoms with van der Waals surface area (Å²) in [6.45, 7) is 5.45. The molecular weight excluding hydrogens is 420 g/mol. The highest BCUT2D eigenvalue weighted by Gasteiger charge is 2.27. The summed E-state index contributed by atoms with van der Waals surface area (Å²) in [7, 11) is -1.70. The van der Waals surface area contributed by atoms with Crippen molar-refractivity contribution in [3.05, 3.63) is 59.2 Å². The average molecular weight is 449 g/mol. The monoisotopic (exact) mass is 448 g/mol. The van der Waals surface area contributed by atoms with Gasteiger partial charge in [0.25, 0.3) is 0 Å². The van der Waals surface area contributed by atoms with Crippen molar-refractivity contribution in [3.63, 3.8) is 0 Å². The van der Waals surface area contributed by atoms with Crippen molar-refractivity contribution in [3.8, 4) is 0 Å². The lowest BCUT2D eigenvalue weighted by molar-refractivity contribution is 0.0526. The van der Waals surface area contributed by atoms with E-state index < -0.39 is 10.0 Å². The molecule has 2 aromatic carbocycles. The Bertz CT molecular complexity index is 984. The van der Waals surface area contributed by atoms with E-state index >= 15 is 0 Å². The van der Waals surface area contributed by atoms with E-state index in [4.69, 9.17) is 9.47 Å². The van der Waals surface area contributed by atoms with Crippen molar-refractivity contribution < 1.29 is 27.5 Å². The minimum atomic E-state index is -3.53. The number of sulfonamides is 1. The van der Waals surface area contributed by atoms with Gasteiger partial charge in [-0.3, -0.25) is 4.79 Å². The fourth-order valence-electron chi connectivity index (χ4n) is 2.88. The third-order valence-corrected chi connectivity index (χ3v) is 6.66.